The number of nitrogens with one attached hydrogen (secondary N) is 2. The highest BCUT2D eigenvalue weighted by molar-refractivity contribution is 5.56. The van der Waals surface area contributed by atoms with Gasteiger partial charge in [0.2, 0.25) is 0 Å². The molecule has 106 valence electrons. The first kappa shape index (κ1) is 14.3. The molecule has 2 aromatic rings. The van der Waals surface area contributed by atoms with E-state index in [-0.39, 0.29) is 0 Å². The van der Waals surface area contributed by atoms with Crippen molar-refractivity contribution in [2.24, 2.45) is 0 Å². The number of rotatable bonds is 6. The second kappa shape index (κ2) is 6.89. The quantitative estimate of drug-likeness (QED) is 0.846. The SMILES string of the molecule is CCNc1ncnc(NCCc2ccccc2C)c1C. The Morgan fingerprint density at radius 1 is 1.00 bits per heavy atom. The average Bonchev–Trinajstić information content (AvgIpc) is 2.45. The summed E-state index contributed by atoms with van der Waals surface area (Å²) in [5.41, 5.74) is 3.78. The van der Waals surface area contributed by atoms with E-state index in [1.807, 2.05) is 6.92 Å². The summed E-state index contributed by atoms with van der Waals surface area (Å²) in [6.45, 7) is 7.98. The number of anilines is 2. The van der Waals surface area contributed by atoms with Gasteiger partial charge >= 0.3 is 0 Å². The van der Waals surface area contributed by atoms with Crippen molar-refractivity contribution in [2.75, 3.05) is 23.7 Å². The van der Waals surface area contributed by atoms with Crippen molar-refractivity contribution < 1.29 is 0 Å². The Labute approximate surface area is 120 Å². The molecule has 0 aliphatic heterocycles. The van der Waals surface area contributed by atoms with Crippen molar-refractivity contribution >= 4 is 11.6 Å². The topological polar surface area (TPSA) is 49.8 Å². The van der Waals surface area contributed by atoms with Crippen LogP contribution in [0.25, 0.3) is 0 Å². The first-order chi connectivity index (χ1) is 9.72. The molecule has 1 aromatic carbocycles. The van der Waals surface area contributed by atoms with E-state index in [4.69, 9.17) is 0 Å². The molecule has 0 saturated heterocycles. The van der Waals surface area contributed by atoms with Crippen LogP contribution >= 0.6 is 0 Å². The number of nitrogens with zero attached hydrogens (tertiary/aromatic N) is 2. The highest BCUT2D eigenvalue weighted by atomic mass is 15.1. The molecular weight excluding hydrogens is 248 g/mol. The zero-order chi connectivity index (χ0) is 14.4. The number of benzene rings is 1. The maximum atomic E-state index is 4.31. The molecule has 0 spiro atoms. The first-order valence-corrected chi connectivity index (χ1v) is 7.06. The lowest BCUT2D eigenvalue weighted by Crippen LogP contribution is -2.11. The van der Waals surface area contributed by atoms with Crippen LogP contribution < -0.4 is 10.6 Å². The first-order valence-electron chi connectivity index (χ1n) is 7.06. The van der Waals surface area contributed by atoms with E-state index in [0.717, 1.165) is 36.7 Å². The van der Waals surface area contributed by atoms with E-state index < -0.39 is 0 Å². The van der Waals surface area contributed by atoms with Gasteiger partial charge in [0.1, 0.15) is 18.0 Å². The third-order valence-electron chi connectivity index (χ3n) is 3.38. The molecule has 1 heterocycles. The highest BCUT2D eigenvalue weighted by Crippen LogP contribution is 2.18. The fourth-order valence-electron chi connectivity index (χ4n) is 2.18. The van der Waals surface area contributed by atoms with Gasteiger partial charge in [-0.05, 0) is 38.3 Å². The van der Waals surface area contributed by atoms with E-state index in [0.29, 0.717) is 0 Å². The summed E-state index contributed by atoms with van der Waals surface area (Å²) in [6.07, 6.45) is 2.59. The number of hydrogen-bond donors (Lipinski definition) is 2. The predicted octanol–water partition coefficient (Wildman–Crippen LogP) is 3.18. The van der Waals surface area contributed by atoms with Gasteiger partial charge in [0.05, 0.1) is 0 Å². The van der Waals surface area contributed by atoms with E-state index in [1.54, 1.807) is 6.33 Å². The lowest BCUT2D eigenvalue weighted by molar-refractivity contribution is 0.979. The van der Waals surface area contributed by atoms with Gasteiger partial charge in [-0.2, -0.15) is 0 Å². The van der Waals surface area contributed by atoms with Crippen molar-refractivity contribution in [3.8, 4) is 0 Å². The smallest absolute Gasteiger partial charge is 0.134 e. The number of hydrogen-bond acceptors (Lipinski definition) is 4. The Kier molecular flexibility index (Phi) is 4.93. The van der Waals surface area contributed by atoms with Crippen LogP contribution in [0.1, 0.15) is 23.6 Å². The van der Waals surface area contributed by atoms with E-state index >= 15 is 0 Å². The molecule has 20 heavy (non-hydrogen) atoms. The van der Waals surface area contributed by atoms with Crippen LogP contribution in [0.4, 0.5) is 11.6 Å². The average molecular weight is 270 g/mol. The minimum Gasteiger partial charge on any atom is -0.370 e. The molecule has 0 aliphatic carbocycles. The summed E-state index contributed by atoms with van der Waals surface area (Å²) < 4.78 is 0. The van der Waals surface area contributed by atoms with Crippen molar-refractivity contribution in [1.29, 1.82) is 0 Å². The molecule has 2 N–H and O–H groups in total. The second-order valence-corrected chi connectivity index (χ2v) is 4.83. The molecule has 0 bridgehead atoms. The van der Waals surface area contributed by atoms with Gasteiger partial charge in [0.15, 0.2) is 0 Å². The summed E-state index contributed by atoms with van der Waals surface area (Å²) in [5, 5.41) is 6.64. The van der Waals surface area contributed by atoms with Crippen molar-refractivity contribution in [2.45, 2.75) is 27.2 Å². The second-order valence-electron chi connectivity index (χ2n) is 4.83. The molecule has 0 unspecified atom stereocenters. The molecule has 0 amide bonds. The molecule has 2 rings (SSSR count). The van der Waals surface area contributed by atoms with Crippen LogP contribution in [0, 0.1) is 13.8 Å². The van der Waals surface area contributed by atoms with E-state index in [9.17, 15) is 0 Å². The Balaban J connectivity index is 1.98. The van der Waals surface area contributed by atoms with Gasteiger partial charge < -0.3 is 10.6 Å². The zero-order valence-corrected chi connectivity index (χ0v) is 12.4. The van der Waals surface area contributed by atoms with Gasteiger partial charge in [-0.15, -0.1) is 0 Å². The lowest BCUT2D eigenvalue weighted by atomic mass is 10.1. The maximum absolute atomic E-state index is 4.31. The van der Waals surface area contributed by atoms with E-state index in [2.05, 4.69) is 58.7 Å². The highest BCUT2D eigenvalue weighted by Gasteiger charge is 2.05. The fourth-order valence-corrected chi connectivity index (χ4v) is 2.18. The van der Waals surface area contributed by atoms with E-state index in [1.165, 1.54) is 11.1 Å². The van der Waals surface area contributed by atoms with Crippen LogP contribution in [0.3, 0.4) is 0 Å². The predicted molar refractivity (Wildman–Crippen MR) is 84.3 cm³/mol. The normalized spacial score (nSPS) is 10.3. The third kappa shape index (κ3) is 3.47. The Morgan fingerprint density at radius 2 is 1.70 bits per heavy atom. The molecule has 0 aliphatic rings. The number of aromatic nitrogens is 2. The van der Waals surface area contributed by atoms with Crippen LogP contribution in [0.2, 0.25) is 0 Å². The Hall–Kier alpha value is -2.10. The molecule has 0 fully saturated rings. The monoisotopic (exact) mass is 270 g/mol. The lowest BCUT2D eigenvalue weighted by Gasteiger charge is -2.12. The summed E-state index contributed by atoms with van der Waals surface area (Å²) in [7, 11) is 0. The number of aryl methyl sites for hydroxylation is 1. The van der Waals surface area contributed by atoms with Crippen LogP contribution in [-0.2, 0) is 6.42 Å². The van der Waals surface area contributed by atoms with Crippen LogP contribution in [-0.4, -0.2) is 23.1 Å². The summed E-state index contributed by atoms with van der Waals surface area (Å²) in [6, 6.07) is 8.48. The minimum atomic E-state index is 0.862. The van der Waals surface area contributed by atoms with Crippen LogP contribution in [0.5, 0.6) is 0 Å². The minimum absolute atomic E-state index is 0.862. The van der Waals surface area contributed by atoms with Crippen molar-refractivity contribution in [1.82, 2.24) is 9.97 Å². The molecule has 0 atom stereocenters. The van der Waals surface area contributed by atoms with Gasteiger partial charge in [0.25, 0.3) is 0 Å². The summed E-state index contributed by atoms with van der Waals surface area (Å²) in [4.78, 5) is 8.56. The van der Waals surface area contributed by atoms with Gasteiger partial charge in [-0.25, -0.2) is 9.97 Å². The van der Waals surface area contributed by atoms with Crippen molar-refractivity contribution in [3.63, 3.8) is 0 Å². The third-order valence-corrected chi connectivity index (χ3v) is 3.38. The zero-order valence-electron chi connectivity index (χ0n) is 12.4. The largest absolute Gasteiger partial charge is 0.370 e. The molecule has 1 aromatic heterocycles. The standard InChI is InChI=1S/C16H22N4/c1-4-17-15-13(3)16(20-11-19-15)18-10-9-14-8-6-5-7-12(14)2/h5-8,11H,4,9-10H2,1-3H3,(H2,17,18,19,20). The fraction of sp³-hybridized carbons (Fsp3) is 0.375. The van der Waals surface area contributed by atoms with Crippen molar-refractivity contribution in [3.05, 3.63) is 47.3 Å². The summed E-state index contributed by atoms with van der Waals surface area (Å²) in [5.74, 6) is 1.81. The van der Waals surface area contributed by atoms with Gasteiger partial charge in [0, 0.05) is 18.7 Å². The molecular formula is C16H22N4. The molecule has 4 nitrogen and oxygen atoms in total. The van der Waals surface area contributed by atoms with Crippen LogP contribution in [0.15, 0.2) is 30.6 Å². The van der Waals surface area contributed by atoms with Gasteiger partial charge in [-0.3, -0.25) is 0 Å². The molecule has 4 heteroatoms. The summed E-state index contributed by atoms with van der Waals surface area (Å²) >= 11 is 0. The molecule has 0 radical (unpaired) electrons. The molecule has 0 saturated carbocycles. The Morgan fingerprint density at radius 3 is 2.40 bits per heavy atom. The maximum Gasteiger partial charge on any atom is 0.134 e. The van der Waals surface area contributed by atoms with Gasteiger partial charge in [-0.1, -0.05) is 24.3 Å². The Bertz CT molecular complexity index is 566.